The molecule has 0 spiro atoms. The number of fused-ring (bicyclic) bond motifs is 1. The first-order chi connectivity index (χ1) is 13.6. The number of aromatic amines is 1. The molecule has 6 nitrogen and oxygen atoms in total. The molecule has 146 valence electrons. The Kier molecular flexibility index (Phi) is 5.30. The van der Waals surface area contributed by atoms with Crippen LogP contribution in [0.2, 0.25) is 0 Å². The van der Waals surface area contributed by atoms with Crippen molar-refractivity contribution in [3.8, 4) is 11.1 Å². The molecule has 1 aliphatic rings. The van der Waals surface area contributed by atoms with Gasteiger partial charge in [-0.1, -0.05) is 18.2 Å². The second kappa shape index (κ2) is 8.02. The molecule has 6 heteroatoms. The molecule has 1 unspecified atom stereocenters. The van der Waals surface area contributed by atoms with Gasteiger partial charge in [0.25, 0.3) is 5.91 Å². The van der Waals surface area contributed by atoms with Gasteiger partial charge in [0.15, 0.2) is 5.58 Å². The van der Waals surface area contributed by atoms with E-state index in [0.717, 1.165) is 43.4 Å². The molecule has 3 aromatic rings. The number of carbonyl (C=O) groups is 1. The summed E-state index contributed by atoms with van der Waals surface area (Å²) in [5, 5.41) is 0. The fourth-order valence-corrected chi connectivity index (χ4v) is 3.71. The Bertz CT molecular complexity index is 1030. The number of amides is 1. The van der Waals surface area contributed by atoms with Crippen molar-refractivity contribution in [2.45, 2.75) is 31.8 Å². The minimum absolute atomic E-state index is 0.00647. The molecule has 1 fully saturated rings. The van der Waals surface area contributed by atoms with Gasteiger partial charge < -0.3 is 14.1 Å². The largest absolute Gasteiger partial charge is 0.417 e. The highest BCUT2D eigenvalue weighted by Gasteiger charge is 2.17. The van der Waals surface area contributed by atoms with E-state index in [1.165, 1.54) is 0 Å². The third-order valence-electron chi connectivity index (χ3n) is 5.25. The van der Waals surface area contributed by atoms with Crippen LogP contribution in [0.3, 0.4) is 0 Å². The van der Waals surface area contributed by atoms with Crippen molar-refractivity contribution in [3.63, 3.8) is 0 Å². The number of oxazole rings is 1. The average molecular weight is 380 g/mol. The van der Waals surface area contributed by atoms with E-state index in [1.807, 2.05) is 43.4 Å². The summed E-state index contributed by atoms with van der Waals surface area (Å²) < 4.78 is 10.7. The van der Waals surface area contributed by atoms with E-state index in [1.54, 1.807) is 11.0 Å². The van der Waals surface area contributed by atoms with Gasteiger partial charge in [-0.25, -0.2) is 4.79 Å². The maximum atomic E-state index is 12.8. The molecule has 1 saturated heterocycles. The number of carbonyl (C=O) groups excluding carboxylic acids is 1. The lowest BCUT2D eigenvalue weighted by Crippen LogP contribution is -2.28. The van der Waals surface area contributed by atoms with Crippen molar-refractivity contribution >= 4 is 17.0 Å². The van der Waals surface area contributed by atoms with Crippen LogP contribution in [-0.4, -0.2) is 42.1 Å². The summed E-state index contributed by atoms with van der Waals surface area (Å²) >= 11 is 0. The predicted octanol–water partition coefficient (Wildman–Crippen LogP) is 3.82. The summed E-state index contributed by atoms with van der Waals surface area (Å²) in [5.41, 5.74) is 3.65. The van der Waals surface area contributed by atoms with E-state index in [0.29, 0.717) is 29.3 Å². The summed E-state index contributed by atoms with van der Waals surface area (Å²) in [5.74, 6) is -0.465. The van der Waals surface area contributed by atoms with Gasteiger partial charge in [-0.15, -0.1) is 0 Å². The van der Waals surface area contributed by atoms with Crippen LogP contribution in [0, 0.1) is 0 Å². The summed E-state index contributed by atoms with van der Waals surface area (Å²) in [7, 11) is 1.84. The van der Waals surface area contributed by atoms with Crippen molar-refractivity contribution in [3.05, 3.63) is 58.6 Å². The molecule has 1 N–H and O–H groups in total. The number of hydrogen-bond acceptors (Lipinski definition) is 4. The molecule has 2 aromatic carbocycles. The number of ether oxygens (including phenoxy) is 1. The monoisotopic (exact) mass is 380 g/mol. The molecular weight excluding hydrogens is 356 g/mol. The normalized spacial score (nSPS) is 16.5. The van der Waals surface area contributed by atoms with Gasteiger partial charge >= 0.3 is 5.76 Å². The lowest BCUT2D eigenvalue weighted by atomic mass is 10.0. The third kappa shape index (κ3) is 4.02. The summed E-state index contributed by atoms with van der Waals surface area (Å²) in [6.45, 7) is 1.58. The Morgan fingerprint density at radius 1 is 1.21 bits per heavy atom. The SMILES string of the molecule is CN(CCCC1CCCO1)C(=O)c1cccc(-c2ccc3oc(=O)[nH]c3c2)c1. The molecular formula is C22H24N2O4. The predicted molar refractivity (Wildman–Crippen MR) is 107 cm³/mol. The zero-order valence-corrected chi connectivity index (χ0v) is 15.9. The lowest BCUT2D eigenvalue weighted by molar-refractivity contribution is 0.0763. The van der Waals surface area contributed by atoms with Crippen LogP contribution in [-0.2, 0) is 4.74 Å². The van der Waals surface area contributed by atoms with Crippen molar-refractivity contribution in [1.29, 1.82) is 0 Å². The zero-order valence-electron chi connectivity index (χ0n) is 15.9. The van der Waals surface area contributed by atoms with Crippen molar-refractivity contribution in [2.75, 3.05) is 20.2 Å². The number of benzene rings is 2. The maximum Gasteiger partial charge on any atom is 0.417 e. The summed E-state index contributed by atoms with van der Waals surface area (Å²) in [6, 6.07) is 13.1. The fraction of sp³-hybridized carbons (Fsp3) is 0.364. The van der Waals surface area contributed by atoms with Crippen LogP contribution in [0.25, 0.3) is 22.2 Å². The van der Waals surface area contributed by atoms with Crippen LogP contribution >= 0.6 is 0 Å². The quantitative estimate of drug-likeness (QED) is 0.705. The topological polar surface area (TPSA) is 75.5 Å². The fourth-order valence-electron chi connectivity index (χ4n) is 3.71. The van der Waals surface area contributed by atoms with E-state index in [9.17, 15) is 9.59 Å². The molecule has 28 heavy (non-hydrogen) atoms. The Balaban J connectivity index is 1.45. The molecule has 0 aliphatic carbocycles. The van der Waals surface area contributed by atoms with E-state index >= 15 is 0 Å². The first-order valence-corrected chi connectivity index (χ1v) is 9.70. The molecule has 1 amide bonds. The molecule has 1 aliphatic heterocycles. The third-order valence-corrected chi connectivity index (χ3v) is 5.25. The van der Waals surface area contributed by atoms with Gasteiger partial charge in [0.05, 0.1) is 11.6 Å². The van der Waals surface area contributed by atoms with E-state index in [4.69, 9.17) is 9.15 Å². The van der Waals surface area contributed by atoms with Gasteiger partial charge in [-0.05, 0) is 61.1 Å². The highest BCUT2D eigenvalue weighted by molar-refractivity contribution is 5.95. The van der Waals surface area contributed by atoms with Crippen LogP contribution in [0.1, 0.15) is 36.0 Å². The minimum Gasteiger partial charge on any atom is -0.408 e. The Morgan fingerprint density at radius 2 is 2.07 bits per heavy atom. The Hall–Kier alpha value is -2.86. The van der Waals surface area contributed by atoms with Crippen LogP contribution in [0.5, 0.6) is 0 Å². The highest BCUT2D eigenvalue weighted by Crippen LogP contribution is 2.24. The second-order valence-electron chi connectivity index (χ2n) is 7.31. The van der Waals surface area contributed by atoms with E-state index in [-0.39, 0.29) is 5.91 Å². The molecule has 1 atom stereocenters. The molecule has 1 aromatic heterocycles. The van der Waals surface area contributed by atoms with Crippen LogP contribution in [0.15, 0.2) is 51.7 Å². The van der Waals surface area contributed by atoms with Gasteiger partial charge in [-0.3, -0.25) is 9.78 Å². The first kappa shape index (κ1) is 18.5. The van der Waals surface area contributed by atoms with Crippen LogP contribution in [0.4, 0.5) is 0 Å². The lowest BCUT2D eigenvalue weighted by Gasteiger charge is -2.18. The smallest absolute Gasteiger partial charge is 0.408 e. The molecule has 0 saturated carbocycles. The van der Waals surface area contributed by atoms with Gasteiger partial charge in [0, 0.05) is 25.8 Å². The number of nitrogens with zero attached hydrogens (tertiary/aromatic N) is 1. The Morgan fingerprint density at radius 3 is 2.89 bits per heavy atom. The second-order valence-corrected chi connectivity index (χ2v) is 7.31. The number of hydrogen-bond donors (Lipinski definition) is 1. The molecule has 4 rings (SSSR count). The van der Waals surface area contributed by atoms with Gasteiger partial charge in [0.1, 0.15) is 0 Å². The first-order valence-electron chi connectivity index (χ1n) is 9.70. The summed E-state index contributed by atoms with van der Waals surface area (Å²) in [6.07, 6.45) is 4.57. The van der Waals surface area contributed by atoms with Crippen molar-refractivity contribution in [1.82, 2.24) is 9.88 Å². The highest BCUT2D eigenvalue weighted by atomic mass is 16.5. The van der Waals surface area contributed by atoms with Crippen molar-refractivity contribution < 1.29 is 13.9 Å². The van der Waals surface area contributed by atoms with E-state index in [2.05, 4.69) is 4.98 Å². The molecule has 2 heterocycles. The molecule has 0 bridgehead atoms. The maximum absolute atomic E-state index is 12.8. The number of nitrogens with one attached hydrogen (secondary N) is 1. The van der Waals surface area contributed by atoms with Crippen molar-refractivity contribution in [2.24, 2.45) is 0 Å². The average Bonchev–Trinajstić information content (AvgIpc) is 3.35. The summed E-state index contributed by atoms with van der Waals surface area (Å²) in [4.78, 5) is 28.6. The number of rotatable bonds is 6. The Labute approximate surface area is 163 Å². The standard InChI is InChI=1S/C22H24N2O4/c1-24(11-3-7-18-8-4-12-27-18)21(25)17-6-2-5-15(13-17)16-9-10-20-19(14-16)23-22(26)28-20/h2,5-6,9-10,13-14,18H,3-4,7-8,11-12H2,1H3,(H,23,26). The number of aromatic nitrogens is 1. The zero-order chi connectivity index (χ0) is 19.5. The minimum atomic E-state index is -0.472. The van der Waals surface area contributed by atoms with Gasteiger partial charge in [-0.2, -0.15) is 0 Å². The van der Waals surface area contributed by atoms with E-state index < -0.39 is 5.76 Å². The van der Waals surface area contributed by atoms with Crippen LogP contribution < -0.4 is 5.76 Å². The van der Waals surface area contributed by atoms with Gasteiger partial charge in [0.2, 0.25) is 0 Å². The number of H-pyrrole nitrogens is 1. The molecule has 0 radical (unpaired) electrons.